The molecule has 2 heterocycles. The molecule has 0 saturated carbocycles. The molecule has 0 aliphatic carbocycles. The summed E-state index contributed by atoms with van der Waals surface area (Å²) in [6.07, 6.45) is 0.886. The van der Waals surface area contributed by atoms with Crippen molar-refractivity contribution < 1.29 is 9.47 Å². The number of aliphatic imine (C=N–C) groups is 1. The van der Waals surface area contributed by atoms with Crippen molar-refractivity contribution in [3.05, 3.63) is 39.8 Å². The molecule has 1 aromatic carbocycles. The second-order valence-electron chi connectivity index (χ2n) is 5.15. The number of nitrogens with one attached hydrogen (secondary N) is 2. The van der Waals surface area contributed by atoms with E-state index in [-0.39, 0.29) is 24.0 Å². The molecule has 1 aliphatic rings. The van der Waals surface area contributed by atoms with Crippen LogP contribution >= 0.6 is 35.3 Å². The number of fused-ring (bicyclic) bond motifs is 1. The monoisotopic (exact) mass is 460 g/mol. The highest BCUT2D eigenvalue weighted by atomic mass is 127. The number of benzene rings is 1. The minimum Gasteiger partial charge on any atom is -0.454 e. The topological polar surface area (TPSA) is 67.8 Å². The van der Waals surface area contributed by atoms with E-state index >= 15 is 0 Å². The Morgan fingerprint density at radius 2 is 2.12 bits per heavy atom. The second kappa shape index (κ2) is 9.07. The summed E-state index contributed by atoms with van der Waals surface area (Å²) in [4.78, 5) is 9.71. The van der Waals surface area contributed by atoms with Crippen LogP contribution in [0.4, 0.5) is 0 Å². The highest BCUT2D eigenvalue weighted by molar-refractivity contribution is 14.0. The van der Waals surface area contributed by atoms with Gasteiger partial charge in [0.25, 0.3) is 0 Å². The standard InChI is InChI=1S/C16H20N4O2S.HI/c1-11-15(23-9-20-11)8-19-16(17-2)18-6-5-12-3-4-13-14(7-12)22-10-21-13;/h3-4,7,9H,5-6,8,10H2,1-2H3,(H2,17,18,19);1H. The van der Waals surface area contributed by atoms with Crippen LogP contribution in [0.2, 0.25) is 0 Å². The molecule has 0 amide bonds. The van der Waals surface area contributed by atoms with Crippen LogP contribution in [0.25, 0.3) is 0 Å². The van der Waals surface area contributed by atoms with Crippen molar-refractivity contribution in [2.45, 2.75) is 19.9 Å². The number of hydrogen-bond donors (Lipinski definition) is 2. The van der Waals surface area contributed by atoms with E-state index in [1.54, 1.807) is 18.4 Å². The molecule has 8 heteroatoms. The molecule has 24 heavy (non-hydrogen) atoms. The van der Waals surface area contributed by atoms with Crippen LogP contribution in [0, 0.1) is 6.92 Å². The molecule has 3 rings (SSSR count). The lowest BCUT2D eigenvalue weighted by atomic mass is 10.1. The number of hydrogen-bond acceptors (Lipinski definition) is 5. The quantitative estimate of drug-likeness (QED) is 0.408. The summed E-state index contributed by atoms with van der Waals surface area (Å²) in [6, 6.07) is 6.05. The molecule has 0 bridgehead atoms. The zero-order valence-corrected chi connectivity index (χ0v) is 16.8. The minimum atomic E-state index is 0. The maximum Gasteiger partial charge on any atom is 0.231 e. The minimum absolute atomic E-state index is 0. The fourth-order valence-electron chi connectivity index (χ4n) is 2.30. The van der Waals surface area contributed by atoms with Gasteiger partial charge in [-0.3, -0.25) is 4.99 Å². The third-order valence-electron chi connectivity index (χ3n) is 3.63. The van der Waals surface area contributed by atoms with Gasteiger partial charge in [-0.15, -0.1) is 35.3 Å². The summed E-state index contributed by atoms with van der Waals surface area (Å²) < 4.78 is 10.7. The fraction of sp³-hybridized carbons (Fsp3) is 0.375. The van der Waals surface area contributed by atoms with E-state index < -0.39 is 0 Å². The van der Waals surface area contributed by atoms with E-state index in [0.29, 0.717) is 6.79 Å². The number of aromatic nitrogens is 1. The first-order valence-electron chi connectivity index (χ1n) is 7.48. The zero-order chi connectivity index (χ0) is 16.1. The van der Waals surface area contributed by atoms with E-state index in [0.717, 1.165) is 42.7 Å². The van der Waals surface area contributed by atoms with E-state index in [1.807, 2.05) is 24.6 Å². The van der Waals surface area contributed by atoms with Crippen molar-refractivity contribution in [1.29, 1.82) is 0 Å². The van der Waals surface area contributed by atoms with Gasteiger partial charge < -0.3 is 20.1 Å². The number of rotatable bonds is 5. The highest BCUT2D eigenvalue weighted by Gasteiger charge is 2.13. The lowest BCUT2D eigenvalue weighted by Gasteiger charge is -2.11. The van der Waals surface area contributed by atoms with Crippen molar-refractivity contribution in [1.82, 2.24) is 15.6 Å². The van der Waals surface area contributed by atoms with Gasteiger partial charge in [-0.25, -0.2) is 4.98 Å². The van der Waals surface area contributed by atoms with Gasteiger partial charge in [0.15, 0.2) is 17.5 Å². The first kappa shape index (κ1) is 18.8. The van der Waals surface area contributed by atoms with Crippen LogP contribution in [-0.2, 0) is 13.0 Å². The van der Waals surface area contributed by atoms with E-state index in [2.05, 4.69) is 26.7 Å². The number of nitrogens with zero attached hydrogens (tertiary/aromatic N) is 2. The normalized spacial score (nSPS) is 12.7. The highest BCUT2D eigenvalue weighted by Crippen LogP contribution is 2.32. The van der Waals surface area contributed by atoms with Crippen molar-refractivity contribution in [3.63, 3.8) is 0 Å². The number of ether oxygens (including phenoxy) is 2. The molecule has 0 radical (unpaired) electrons. The Hall–Kier alpha value is -1.55. The average Bonchev–Trinajstić information content (AvgIpc) is 3.19. The van der Waals surface area contributed by atoms with Crippen LogP contribution in [0.1, 0.15) is 16.1 Å². The summed E-state index contributed by atoms with van der Waals surface area (Å²) >= 11 is 1.65. The number of aryl methyl sites for hydroxylation is 1. The molecule has 1 aromatic heterocycles. The summed E-state index contributed by atoms with van der Waals surface area (Å²) in [6.45, 7) is 3.86. The summed E-state index contributed by atoms with van der Waals surface area (Å²) in [5.74, 6) is 2.43. The Kier molecular flexibility index (Phi) is 7.10. The Morgan fingerprint density at radius 3 is 2.88 bits per heavy atom. The molecule has 0 spiro atoms. The average molecular weight is 460 g/mol. The maximum absolute atomic E-state index is 5.40. The smallest absolute Gasteiger partial charge is 0.231 e. The van der Waals surface area contributed by atoms with E-state index in [1.165, 1.54) is 10.4 Å². The van der Waals surface area contributed by atoms with Crippen molar-refractivity contribution in [3.8, 4) is 11.5 Å². The molecule has 0 fully saturated rings. The number of guanidine groups is 1. The Balaban J connectivity index is 0.00000208. The third kappa shape index (κ3) is 4.73. The van der Waals surface area contributed by atoms with Crippen LogP contribution in [-0.4, -0.2) is 31.3 Å². The van der Waals surface area contributed by atoms with Gasteiger partial charge in [-0.1, -0.05) is 6.07 Å². The van der Waals surface area contributed by atoms with Gasteiger partial charge in [-0.2, -0.15) is 0 Å². The van der Waals surface area contributed by atoms with Gasteiger partial charge in [-0.05, 0) is 31.0 Å². The van der Waals surface area contributed by atoms with E-state index in [4.69, 9.17) is 9.47 Å². The first-order chi connectivity index (χ1) is 11.3. The molecular weight excluding hydrogens is 439 g/mol. The third-order valence-corrected chi connectivity index (χ3v) is 4.56. The fourth-order valence-corrected chi connectivity index (χ4v) is 3.02. The lowest BCUT2D eigenvalue weighted by Crippen LogP contribution is -2.37. The number of thiazole rings is 1. The molecule has 130 valence electrons. The van der Waals surface area contributed by atoms with E-state index in [9.17, 15) is 0 Å². The molecule has 1 aliphatic heterocycles. The molecule has 0 unspecified atom stereocenters. The van der Waals surface area contributed by atoms with Gasteiger partial charge in [0.05, 0.1) is 17.7 Å². The molecule has 6 nitrogen and oxygen atoms in total. The molecule has 0 saturated heterocycles. The van der Waals surface area contributed by atoms with Gasteiger partial charge in [0, 0.05) is 18.5 Å². The van der Waals surface area contributed by atoms with Crippen molar-refractivity contribution in [2.24, 2.45) is 4.99 Å². The SMILES string of the molecule is CN=C(NCCc1ccc2c(c1)OCO2)NCc1scnc1C.I. The molecular formula is C16H21IN4O2S. The maximum atomic E-state index is 5.40. The van der Waals surface area contributed by atoms with Crippen molar-refractivity contribution in [2.75, 3.05) is 20.4 Å². The first-order valence-corrected chi connectivity index (χ1v) is 8.36. The van der Waals surface area contributed by atoms with Gasteiger partial charge in [0.2, 0.25) is 6.79 Å². The Morgan fingerprint density at radius 1 is 1.29 bits per heavy atom. The number of halogens is 1. The van der Waals surface area contributed by atoms with Crippen LogP contribution in [0.3, 0.4) is 0 Å². The summed E-state index contributed by atoms with van der Waals surface area (Å²) in [5, 5.41) is 6.62. The molecule has 0 atom stereocenters. The van der Waals surface area contributed by atoms with Crippen LogP contribution < -0.4 is 20.1 Å². The summed E-state index contributed by atoms with van der Waals surface area (Å²) in [5.41, 5.74) is 4.14. The second-order valence-corrected chi connectivity index (χ2v) is 6.09. The molecule has 2 aromatic rings. The van der Waals surface area contributed by atoms with Crippen molar-refractivity contribution >= 4 is 41.3 Å². The van der Waals surface area contributed by atoms with Crippen LogP contribution in [0.5, 0.6) is 11.5 Å². The predicted molar refractivity (Wildman–Crippen MR) is 107 cm³/mol. The Bertz CT molecular complexity index is 705. The Labute approximate surface area is 162 Å². The van der Waals surface area contributed by atoms with Crippen LogP contribution in [0.15, 0.2) is 28.7 Å². The predicted octanol–water partition coefficient (Wildman–Crippen LogP) is 2.71. The zero-order valence-electron chi connectivity index (χ0n) is 13.7. The van der Waals surface area contributed by atoms with Gasteiger partial charge in [0.1, 0.15) is 0 Å². The molecule has 2 N–H and O–H groups in total. The van der Waals surface area contributed by atoms with Gasteiger partial charge >= 0.3 is 0 Å². The summed E-state index contributed by atoms with van der Waals surface area (Å²) in [7, 11) is 1.77. The lowest BCUT2D eigenvalue weighted by molar-refractivity contribution is 0.174. The largest absolute Gasteiger partial charge is 0.454 e.